The number of rotatable bonds is 11. The topological polar surface area (TPSA) is 66.2 Å². The lowest BCUT2D eigenvalue weighted by molar-refractivity contribution is -0.127. The van der Waals surface area contributed by atoms with Gasteiger partial charge >= 0.3 is 0 Å². The molecule has 168 valence electrons. The van der Waals surface area contributed by atoms with Gasteiger partial charge < -0.3 is 9.47 Å². The summed E-state index contributed by atoms with van der Waals surface area (Å²) in [6.45, 7) is 22.4. The minimum atomic E-state index is -0.295. The molecular formula is C23H43N3O3. The van der Waals surface area contributed by atoms with Crippen LogP contribution >= 0.6 is 0 Å². The van der Waals surface area contributed by atoms with Gasteiger partial charge in [-0.05, 0) is 40.5 Å². The quantitative estimate of drug-likeness (QED) is 0.486. The summed E-state index contributed by atoms with van der Waals surface area (Å²) in [4.78, 5) is 11.9. The number of aromatic nitrogens is 3. The highest BCUT2D eigenvalue weighted by molar-refractivity contribution is 5.83. The number of ketones is 1. The molecule has 0 aliphatic rings. The highest BCUT2D eigenvalue weighted by atomic mass is 16.5. The molecule has 0 unspecified atom stereocenters. The maximum Gasteiger partial charge on any atom is 0.140 e. The standard InChI is InChI=1S/C23H43N3O3/c1-20(2,3)18-17-26(25-24-18)22(7,8)12-16-29-23(9,10)13-15-28-14-11-19(27)21(4,5)6/h17H,11-16H2,1-10H3. The Labute approximate surface area is 177 Å². The fourth-order valence-corrected chi connectivity index (χ4v) is 2.63. The van der Waals surface area contributed by atoms with Crippen molar-refractivity contribution in [3.05, 3.63) is 11.9 Å². The third-order valence-corrected chi connectivity index (χ3v) is 5.25. The van der Waals surface area contributed by atoms with E-state index in [1.165, 1.54) is 0 Å². The second-order valence-electron chi connectivity index (χ2n) is 11.3. The molecule has 0 bridgehead atoms. The summed E-state index contributed by atoms with van der Waals surface area (Å²) >= 11 is 0. The van der Waals surface area contributed by atoms with Crippen molar-refractivity contribution in [1.29, 1.82) is 0 Å². The van der Waals surface area contributed by atoms with E-state index in [2.05, 4.69) is 58.8 Å². The Morgan fingerprint density at radius 1 is 0.931 bits per heavy atom. The van der Waals surface area contributed by atoms with E-state index in [0.29, 0.717) is 26.2 Å². The molecule has 0 aromatic carbocycles. The number of carbonyl (C=O) groups excluding carboxylic acids is 1. The van der Waals surface area contributed by atoms with Gasteiger partial charge in [-0.15, -0.1) is 5.10 Å². The third-order valence-electron chi connectivity index (χ3n) is 5.25. The molecule has 6 nitrogen and oxygen atoms in total. The van der Waals surface area contributed by atoms with Crippen molar-refractivity contribution in [3.63, 3.8) is 0 Å². The molecule has 0 saturated heterocycles. The van der Waals surface area contributed by atoms with Crippen LogP contribution in [-0.4, -0.2) is 46.2 Å². The molecule has 1 aromatic rings. The predicted molar refractivity (Wildman–Crippen MR) is 117 cm³/mol. The lowest BCUT2D eigenvalue weighted by Crippen LogP contribution is -2.32. The molecule has 1 heterocycles. The second kappa shape index (κ2) is 9.69. The Hall–Kier alpha value is -1.27. The molecule has 0 fully saturated rings. The van der Waals surface area contributed by atoms with Crippen LogP contribution in [0.15, 0.2) is 6.20 Å². The Bertz CT molecular complexity index is 649. The van der Waals surface area contributed by atoms with Crippen molar-refractivity contribution in [2.45, 2.75) is 105 Å². The number of carbonyl (C=O) groups is 1. The van der Waals surface area contributed by atoms with Crippen molar-refractivity contribution in [1.82, 2.24) is 15.0 Å². The van der Waals surface area contributed by atoms with Gasteiger partial charge in [0.2, 0.25) is 0 Å². The fourth-order valence-electron chi connectivity index (χ4n) is 2.63. The molecule has 0 N–H and O–H groups in total. The molecule has 0 spiro atoms. The monoisotopic (exact) mass is 409 g/mol. The molecule has 0 aliphatic carbocycles. The number of hydrogen-bond donors (Lipinski definition) is 0. The minimum Gasteiger partial charge on any atom is -0.381 e. The van der Waals surface area contributed by atoms with E-state index in [9.17, 15) is 4.79 Å². The zero-order chi connectivity index (χ0) is 22.5. The van der Waals surface area contributed by atoms with Crippen molar-refractivity contribution in [3.8, 4) is 0 Å². The summed E-state index contributed by atoms with van der Waals surface area (Å²) in [5.41, 5.74) is 0.244. The number of ether oxygens (including phenoxy) is 2. The van der Waals surface area contributed by atoms with Gasteiger partial charge in [-0.1, -0.05) is 46.8 Å². The number of hydrogen-bond acceptors (Lipinski definition) is 5. The first-order valence-electron chi connectivity index (χ1n) is 10.7. The van der Waals surface area contributed by atoms with E-state index in [-0.39, 0.29) is 27.8 Å². The predicted octanol–water partition coefficient (Wildman–Crippen LogP) is 4.91. The van der Waals surface area contributed by atoms with Crippen molar-refractivity contribution in [2.75, 3.05) is 19.8 Å². The van der Waals surface area contributed by atoms with Crippen LogP contribution in [0.5, 0.6) is 0 Å². The summed E-state index contributed by atoms with van der Waals surface area (Å²) in [7, 11) is 0. The molecule has 0 saturated carbocycles. The first-order chi connectivity index (χ1) is 13.0. The summed E-state index contributed by atoms with van der Waals surface area (Å²) in [5.74, 6) is 0.234. The van der Waals surface area contributed by atoms with Crippen LogP contribution in [0, 0.1) is 5.41 Å². The van der Waals surface area contributed by atoms with Crippen molar-refractivity contribution >= 4 is 5.78 Å². The molecule has 0 aliphatic heterocycles. The molecule has 29 heavy (non-hydrogen) atoms. The highest BCUT2D eigenvalue weighted by Gasteiger charge is 2.27. The molecule has 0 radical (unpaired) electrons. The molecule has 0 amide bonds. The zero-order valence-electron chi connectivity index (χ0n) is 20.4. The first kappa shape index (κ1) is 25.8. The Morgan fingerprint density at radius 2 is 1.55 bits per heavy atom. The maximum absolute atomic E-state index is 11.9. The van der Waals surface area contributed by atoms with Gasteiger partial charge in [0.05, 0.1) is 23.4 Å². The van der Waals surface area contributed by atoms with Gasteiger partial charge in [-0.3, -0.25) is 4.79 Å². The van der Waals surface area contributed by atoms with Crippen LogP contribution in [0.2, 0.25) is 0 Å². The average molecular weight is 410 g/mol. The van der Waals surface area contributed by atoms with Crippen LogP contribution < -0.4 is 0 Å². The van der Waals surface area contributed by atoms with Gasteiger partial charge in [-0.25, -0.2) is 4.68 Å². The lowest BCUT2D eigenvalue weighted by atomic mass is 9.89. The summed E-state index contributed by atoms with van der Waals surface area (Å²) in [6.07, 6.45) is 4.13. The van der Waals surface area contributed by atoms with E-state index in [1.807, 2.05) is 31.6 Å². The third kappa shape index (κ3) is 8.95. The normalized spacial score (nSPS) is 13.7. The second-order valence-corrected chi connectivity index (χ2v) is 11.3. The van der Waals surface area contributed by atoms with E-state index in [4.69, 9.17) is 9.47 Å². The van der Waals surface area contributed by atoms with Gasteiger partial charge in [0.1, 0.15) is 5.78 Å². The SMILES string of the molecule is CC(C)(CCOCCC(=O)C(C)(C)C)OCCC(C)(C)n1cc(C(C)(C)C)nn1. The molecule has 6 heteroatoms. The lowest BCUT2D eigenvalue weighted by Gasteiger charge is -2.29. The minimum absolute atomic E-state index is 0.00961. The van der Waals surface area contributed by atoms with Crippen LogP contribution in [0.3, 0.4) is 0 Å². The maximum atomic E-state index is 11.9. The Balaban J connectivity index is 2.38. The first-order valence-corrected chi connectivity index (χ1v) is 10.7. The van der Waals surface area contributed by atoms with Crippen LogP contribution in [0.4, 0.5) is 0 Å². The van der Waals surface area contributed by atoms with Gasteiger partial charge in [-0.2, -0.15) is 0 Å². The van der Waals surface area contributed by atoms with E-state index >= 15 is 0 Å². The van der Waals surface area contributed by atoms with Crippen LogP contribution in [0.25, 0.3) is 0 Å². The molecular weight excluding hydrogens is 366 g/mol. The smallest absolute Gasteiger partial charge is 0.140 e. The summed E-state index contributed by atoms with van der Waals surface area (Å²) < 4.78 is 13.7. The number of Topliss-reactive ketones (excluding diaryl/α,β-unsaturated/α-hetero) is 1. The van der Waals surface area contributed by atoms with Crippen molar-refractivity contribution < 1.29 is 14.3 Å². The van der Waals surface area contributed by atoms with Crippen molar-refractivity contribution in [2.24, 2.45) is 5.41 Å². The fraction of sp³-hybridized carbons (Fsp3) is 0.870. The van der Waals surface area contributed by atoms with Crippen LogP contribution in [0.1, 0.15) is 94.2 Å². The largest absolute Gasteiger partial charge is 0.381 e. The average Bonchev–Trinajstić information content (AvgIpc) is 3.04. The van der Waals surface area contributed by atoms with Gasteiger partial charge in [0, 0.05) is 36.7 Å². The van der Waals surface area contributed by atoms with Gasteiger partial charge in [0.25, 0.3) is 0 Å². The van der Waals surface area contributed by atoms with E-state index < -0.39 is 0 Å². The molecule has 1 rings (SSSR count). The summed E-state index contributed by atoms with van der Waals surface area (Å²) in [5, 5.41) is 8.66. The van der Waals surface area contributed by atoms with Crippen LogP contribution in [-0.2, 0) is 25.2 Å². The highest BCUT2D eigenvalue weighted by Crippen LogP contribution is 2.25. The molecule has 0 atom stereocenters. The zero-order valence-corrected chi connectivity index (χ0v) is 20.4. The van der Waals surface area contributed by atoms with Gasteiger partial charge in [0.15, 0.2) is 0 Å². The Morgan fingerprint density at radius 3 is 2.07 bits per heavy atom. The summed E-state index contributed by atoms with van der Waals surface area (Å²) in [6, 6.07) is 0. The Kier molecular flexibility index (Phi) is 8.61. The number of nitrogens with zero attached hydrogens (tertiary/aromatic N) is 3. The van der Waals surface area contributed by atoms with E-state index in [0.717, 1.165) is 18.5 Å². The van der Waals surface area contributed by atoms with E-state index in [1.54, 1.807) is 0 Å². The molecule has 1 aromatic heterocycles.